The summed E-state index contributed by atoms with van der Waals surface area (Å²) in [5.74, 6) is -3.77. The predicted molar refractivity (Wildman–Crippen MR) is 96.9 cm³/mol. The Hall–Kier alpha value is -2.32. The van der Waals surface area contributed by atoms with Gasteiger partial charge in [-0.3, -0.25) is 4.98 Å². The maximum atomic E-state index is 13.1. The highest BCUT2D eigenvalue weighted by atomic mass is 32.2. The minimum Gasteiger partial charge on any atom is -0.606 e. The topological polar surface area (TPSA) is 101 Å². The molecule has 7 nitrogen and oxygen atoms in total. The summed E-state index contributed by atoms with van der Waals surface area (Å²) in [6.07, 6.45) is -3.22. The Kier molecular flexibility index (Phi) is 5.77. The van der Waals surface area contributed by atoms with Gasteiger partial charge in [0.2, 0.25) is 0 Å². The molecule has 3 heterocycles. The van der Waals surface area contributed by atoms with Crippen molar-refractivity contribution >= 4 is 32.0 Å². The van der Waals surface area contributed by atoms with Crippen molar-refractivity contribution in [3.05, 3.63) is 30.1 Å². The van der Waals surface area contributed by atoms with Crippen LogP contribution in [-0.2, 0) is 34.2 Å². The summed E-state index contributed by atoms with van der Waals surface area (Å²) in [7, 11) is -2.70. The van der Waals surface area contributed by atoms with Crippen LogP contribution in [0.25, 0.3) is 22.6 Å². The summed E-state index contributed by atoms with van der Waals surface area (Å²) in [4.78, 5) is 10.8. The van der Waals surface area contributed by atoms with Crippen LogP contribution in [-0.4, -0.2) is 44.0 Å². The molecule has 0 saturated carbocycles. The minimum atomic E-state index is -4.81. The Balaban J connectivity index is 2.25. The summed E-state index contributed by atoms with van der Waals surface area (Å²) in [5, 5.41) is -0.441. The zero-order valence-electron chi connectivity index (χ0n) is 15.3. The molecule has 0 fully saturated rings. The average Bonchev–Trinajstić information content (AvgIpc) is 3.02. The van der Waals surface area contributed by atoms with Gasteiger partial charge in [0.15, 0.2) is 15.7 Å². The molecular formula is C16H13F5N4O3S2. The maximum absolute atomic E-state index is 13.1. The van der Waals surface area contributed by atoms with E-state index in [0.29, 0.717) is 12.3 Å². The van der Waals surface area contributed by atoms with E-state index in [0.717, 1.165) is 12.3 Å². The maximum Gasteiger partial charge on any atom is 0.417 e. The normalized spacial score (nSPS) is 13.9. The number of hydrogen-bond acceptors (Lipinski definition) is 6. The van der Waals surface area contributed by atoms with Crippen molar-refractivity contribution < 1.29 is 34.9 Å². The number of aromatic nitrogens is 4. The van der Waals surface area contributed by atoms with Gasteiger partial charge < -0.3 is 9.12 Å². The molecule has 3 aromatic rings. The summed E-state index contributed by atoms with van der Waals surface area (Å²) in [5.41, 5.74) is -1.27. The fourth-order valence-electron chi connectivity index (χ4n) is 2.64. The number of sulfone groups is 1. The fraction of sp³-hybridized carbons (Fsp3) is 0.312. The van der Waals surface area contributed by atoms with Crippen molar-refractivity contribution in [1.29, 1.82) is 0 Å². The average molecular weight is 468 g/mol. The van der Waals surface area contributed by atoms with Crippen LogP contribution in [0.5, 0.6) is 0 Å². The summed E-state index contributed by atoms with van der Waals surface area (Å²) < 4.78 is 102. The van der Waals surface area contributed by atoms with Crippen LogP contribution in [0.1, 0.15) is 12.5 Å². The Morgan fingerprint density at radius 2 is 1.87 bits per heavy atom. The van der Waals surface area contributed by atoms with Crippen molar-refractivity contribution in [2.75, 3.05) is 5.75 Å². The van der Waals surface area contributed by atoms with Crippen LogP contribution < -0.4 is 0 Å². The molecule has 0 aliphatic rings. The standard InChI is InChI=1S/C16H13F5N4O3S2/c1-3-30(27,28)11-4-8(16(19,20)21)6-23-13(11)14-24-9-5-12(29(26)15(17)18)22-7-10(9)25(14)2/h4-7,15H,3H2,1-2H3. The molecule has 0 aromatic carbocycles. The Labute approximate surface area is 170 Å². The van der Waals surface area contributed by atoms with E-state index >= 15 is 0 Å². The number of hydrogen-bond donors (Lipinski definition) is 0. The third kappa shape index (κ3) is 3.98. The second-order valence-corrected chi connectivity index (χ2v) is 9.65. The molecule has 0 aliphatic heterocycles. The molecular weight excluding hydrogens is 455 g/mol. The zero-order chi connectivity index (χ0) is 22.4. The van der Waals surface area contributed by atoms with Crippen LogP contribution >= 0.6 is 0 Å². The molecule has 162 valence electrons. The highest BCUT2D eigenvalue weighted by molar-refractivity contribution is 7.91. The van der Waals surface area contributed by atoms with Gasteiger partial charge in [0, 0.05) is 19.3 Å². The van der Waals surface area contributed by atoms with Crippen molar-refractivity contribution in [1.82, 2.24) is 19.5 Å². The second-order valence-electron chi connectivity index (χ2n) is 6.04. The van der Waals surface area contributed by atoms with Crippen LogP contribution in [0, 0.1) is 0 Å². The third-order valence-corrected chi connectivity index (χ3v) is 6.92. The molecule has 3 aromatic heterocycles. The van der Waals surface area contributed by atoms with E-state index in [1.165, 1.54) is 18.5 Å². The van der Waals surface area contributed by atoms with E-state index in [4.69, 9.17) is 0 Å². The molecule has 0 N–H and O–H groups in total. The van der Waals surface area contributed by atoms with Crippen LogP contribution in [0.15, 0.2) is 34.4 Å². The van der Waals surface area contributed by atoms with E-state index < -0.39 is 54.2 Å². The minimum absolute atomic E-state index is 0.0491. The van der Waals surface area contributed by atoms with Gasteiger partial charge in [-0.25, -0.2) is 18.4 Å². The molecule has 1 unspecified atom stereocenters. The molecule has 0 radical (unpaired) electrons. The third-order valence-electron chi connectivity index (χ3n) is 4.22. The number of halogens is 5. The van der Waals surface area contributed by atoms with E-state index in [1.54, 1.807) is 0 Å². The molecule has 3 rings (SSSR count). The summed E-state index contributed by atoms with van der Waals surface area (Å²) in [6, 6.07) is 1.52. The van der Waals surface area contributed by atoms with Crippen LogP contribution in [0.2, 0.25) is 0 Å². The molecule has 0 aliphatic carbocycles. The van der Waals surface area contributed by atoms with Gasteiger partial charge in [-0.15, -0.1) is 0 Å². The number of fused-ring (bicyclic) bond motifs is 1. The van der Waals surface area contributed by atoms with Gasteiger partial charge in [0.25, 0.3) is 5.03 Å². The van der Waals surface area contributed by atoms with Gasteiger partial charge in [0.1, 0.15) is 5.69 Å². The smallest absolute Gasteiger partial charge is 0.417 e. The quantitative estimate of drug-likeness (QED) is 0.421. The molecule has 0 amide bonds. The number of rotatable bonds is 5. The predicted octanol–water partition coefficient (Wildman–Crippen LogP) is 3.17. The largest absolute Gasteiger partial charge is 0.606 e. The lowest BCUT2D eigenvalue weighted by Gasteiger charge is -2.12. The number of aryl methyl sites for hydroxylation is 1. The molecule has 0 saturated heterocycles. The van der Waals surface area contributed by atoms with Gasteiger partial charge >= 0.3 is 11.9 Å². The van der Waals surface area contributed by atoms with Gasteiger partial charge in [0.05, 0.1) is 44.6 Å². The van der Waals surface area contributed by atoms with Gasteiger partial charge in [-0.05, 0) is 6.07 Å². The SMILES string of the molecule is CCS(=O)(=O)c1cc(C(F)(F)F)cnc1-c1nc2cc([S+]([O-])C(F)F)ncc2n1C. The number of pyridine rings is 2. The lowest BCUT2D eigenvalue weighted by molar-refractivity contribution is -0.138. The van der Waals surface area contributed by atoms with Gasteiger partial charge in [-0.2, -0.15) is 22.0 Å². The second kappa shape index (κ2) is 7.74. The van der Waals surface area contributed by atoms with Crippen molar-refractivity contribution in [2.24, 2.45) is 7.05 Å². The van der Waals surface area contributed by atoms with E-state index in [-0.39, 0.29) is 22.6 Å². The van der Waals surface area contributed by atoms with Crippen molar-refractivity contribution in [2.45, 2.75) is 28.8 Å². The van der Waals surface area contributed by atoms with Crippen LogP contribution in [0.4, 0.5) is 22.0 Å². The molecule has 30 heavy (non-hydrogen) atoms. The summed E-state index contributed by atoms with van der Waals surface area (Å²) >= 11 is -2.70. The first-order chi connectivity index (χ1) is 13.9. The summed E-state index contributed by atoms with van der Waals surface area (Å²) in [6.45, 7) is 1.27. The Bertz CT molecular complexity index is 1210. The van der Waals surface area contributed by atoms with Crippen molar-refractivity contribution in [3.8, 4) is 11.5 Å². The van der Waals surface area contributed by atoms with Crippen LogP contribution in [0.3, 0.4) is 0 Å². The monoisotopic (exact) mass is 468 g/mol. The zero-order valence-corrected chi connectivity index (χ0v) is 16.9. The van der Waals surface area contributed by atoms with Crippen molar-refractivity contribution in [3.63, 3.8) is 0 Å². The van der Waals surface area contributed by atoms with E-state index in [2.05, 4.69) is 15.0 Å². The van der Waals surface area contributed by atoms with Gasteiger partial charge in [-0.1, -0.05) is 6.92 Å². The highest BCUT2D eigenvalue weighted by Crippen LogP contribution is 2.35. The lowest BCUT2D eigenvalue weighted by atomic mass is 10.2. The first-order valence-electron chi connectivity index (χ1n) is 8.18. The fourth-order valence-corrected chi connectivity index (χ4v) is 4.27. The number of nitrogens with zero attached hydrogens (tertiary/aromatic N) is 4. The molecule has 0 spiro atoms. The van der Waals surface area contributed by atoms with E-state index in [9.17, 15) is 34.9 Å². The van der Waals surface area contributed by atoms with E-state index in [1.807, 2.05) is 0 Å². The Morgan fingerprint density at radius 3 is 2.43 bits per heavy atom. The molecule has 14 heteroatoms. The molecule has 1 atom stereocenters. The lowest BCUT2D eigenvalue weighted by Crippen LogP contribution is -2.13. The first kappa shape index (κ1) is 22.4. The highest BCUT2D eigenvalue weighted by Gasteiger charge is 2.34. The molecule has 0 bridgehead atoms. The Morgan fingerprint density at radius 1 is 1.20 bits per heavy atom. The first-order valence-corrected chi connectivity index (χ1v) is 11.0. The number of imidazole rings is 1. The number of alkyl halides is 5.